The number of amides is 1. The molecule has 6 aromatic heterocycles. The molecule has 0 radical (unpaired) electrons. The average Bonchev–Trinajstić information content (AvgIpc) is 3.89. The van der Waals surface area contributed by atoms with E-state index in [4.69, 9.17) is 26.5 Å². The van der Waals surface area contributed by atoms with Crippen molar-refractivity contribution in [2.45, 2.75) is 46.6 Å². The number of esters is 1. The number of aromatic nitrogens is 6. The molecule has 238 valence electrons. The summed E-state index contributed by atoms with van der Waals surface area (Å²) >= 11 is 0. The molecule has 0 aliphatic rings. The molecular weight excluding hydrogens is 602 g/mol. The molecule has 2 atom stereocenters. The normalized spacial score (nSPS) is 13.0. The van der Waals surface area contributed by atoms with Gasteiger partial charge in [0.05, 0.1) is 7.11 Å². The van der Waals surface area contributed by atoms with Crippen LogP contribution in [0.3, 0.4) is 0 Å². The number of carbonyl (C=O) groups excluding carboxylic acids is 2. The summed E-state index contributed by atoms with van der Waals surface area (Å²) in [6.07, 6.45) is 7.87. The van der Waals surface area contributed by atoms with Crippen molar-refractivity contribution in [3.05, 3.63) is 60.7 Å². The highest BCUT2D eigenvalue weighted by Crippen LogP contribution is 2.30. The van der Waals surface area contributed by atoms with Gasteiger partial charge in [-0.25, -0.2) is 34.7 Å². The van der Waals surface area contributed by atoms with Gasteiger partial charge in [-0.1, -0.05) is 34.6 Å². The Morgan fingerprint density at radius 1 is 0.587 bits per heavy atom. The second kappa shape index (κ2) is 12.3. The van der Waals surface area contributed by atoms with Crippen LogP contribution in [0.4, 0.5) is 0 Å². The van der Waals surface area contributed by atoms with E-state index in [1.807, 2.05) is 20.8 Å². The molecule has 1 amide bonds. The fourth-order valence-electron chi connectivity index (χ4n) is 4.20. The highest BCUT2D eigenvalue weighted by molar-refractivity contribution is 5.92. The van der Waals surface area contributed by atoms with Crippen LogP contribution in [0.2, 0.25) is 0 Å². The third-order valence-electron chi connectivity index (χ3n) is 7.17. The van der Waals surface area contributed by atoms with Crippen LogP contribution in [0, 0.1) is 11.8 Å². The molecule has 0 saturated heterocycles. The Balaban J connectivity index is 1.13. The minimum Gasteiger partial charge on any atom is -0.464 e. The third kappa shape index (κ3) is 5.96. The largest absolute Gasteiger partial charge is 0.464 e. The third-order valence-corrected chi connectivity index (χ3v) is 7.17. The number of hydrogen-bond donors (Lipinski definition) is 1. The maximum absolute atomic E-state index is 13.2. The summed E-state index contributed by atoms with van der Waals surface area (Å²) in [6, 6.07) is -0.640. The minimum atomic E-state index is -0.649. The van der Waals surface area contributed by atoms with Crippen LogP contribution in [0.25, 0.3) is 46.3 Å². The summed E-state index contributed by atoms with van der Waals surface area (Å²) in [5.41, 5.74) is 1.23. The first-order chi connectivity index (χ1) is 22.1. The molecule has 0 saturated carbocycles. The standard InChI is InChI=1S/C30H29N7O9/c1-13(2)15(5)24-32-17(8-41-24)26-33-18(9-43-26)25-31-16(7-42-25)23(38)37-22(14(3)4)29-35-20(11-46-29)27-34-19(10-44-27)28-36-21(12-45-28)30(39)40-6/h7-15,22H,1-6H3,(H,37,38). The Bertz CT molecular complexity index is 1970. The van der Waals surface area contributed by atoms with E-state index in [2.05, 4.69) is 53.8 Å². The van der Waals surface area contributed by atoms with E-state index in [0.29, 0.717) is 17.5 Å². The molecule has 6 aromatic rings. The Labute approximate surface area is 260 Å². The second-order valence-corrected chi connectivity index (χ2v) is 11.0. The van der Waals surface area contributed by atoms with Crippen LogP contribution in [0.15, 0.2) is 64.1 Å². The van der Waals surface area contributed by atoms with Crippen LogP contribution in [0.1, 0.15) is 79.3 Å². The molecule has 0 bridgehead atoms. The van der Waals surface area contributed by atoms with Crippen molar-refractivity contribution in [2.75, 3.05) is 7.11 Å². The Hall–Kier alpha value is -5.80. The van der Waals surface area contributed by atoms with E-state index in [9.17, 15) is 9.59 Å². The molecule has 46 heavy (non-hydrogen) atoms. The monoisotopic (exact) mass is 631 g/mol. The number of oxazole rings is 6. The van der Waals surface area contributed by atoms with Gasteiger partial charge in [-0.05, 0) is 11.8 Å². The summed E-state index contributed by atoms with van der Waals surface area (Å²) < 4.78 is 37.8. The Morgan fingerprint density at radius 2 is 1.04 bits per heavy atom. The van der Waals surface area contributed by atoms with Gasteiger partial charge in [-0.3, -0.25) is 4.79 Å². The van der Waals surface area contributed by atoms with Gasteiger partial charge in [0, 0.05) is 5.92 Å². The van der Waals surface area contributed by atoms with Gasteiger partial charge in [0.15, 0.2) is 40.1 Å². The molecule has 16 nitrogen and oxygen atoms in total. The smallest absolute Gasteiger partial charge is 0.360 e. The zero-order chi connectivity index (χ0) is 32.5. The second-order valence-electron chi connectivity index (χ2n) is 11.0. The minimum absolute atomic E-state index is 0.0110. The lowest BCUT2D eigenvalue weighted by molar-refractivity contribution is 0.0594. The zero-order valence-corrected chi connectivity index (χ0v) is 25.6. The molecule has 0 aliphatic heterocycles. The molecule has 0 aromatic carbocycles. The average molecular weight is 632 g/mol. The van der Waals surface area contributed by atoms with E-state index in [1.54, 1.807) is 0 Å². The molecule has 16 heteroatoms. The summed E-state index contributed by atoms with van der Waals surface area (Å²) in [6.45, 7) is 9.98. The van der Waals surface area contributed by atoms with E-state index >= 15 is 0 Å². The van der Waals surface area contributed by atoms with Crippen molar-refractivity contribution in [2.24, 2.45) is 11.8 Å². The quantitative estimate of drug-likeness (QED) is 0.163. The number of nitrogens with zero attached hydrogens (tertiary/aromatic N) is 6. The van der Waals surface area contributed by atoms with Gasteiger partial charge in [-0.15, -0.1) is 0 Å². The van der Waals surface area contributed by atoms with Crippen LogP contribution < -0.4 is 5.32 Å². The maximum atomic E-state index is 13.2. The van der Waals surface area contributed by atoms with Gasteiger partial charge in [0.1, 0.15) is 43.6 Å². The van der Waals surface area contributed by atoms with E-state index in [1.165, 1.54) is 38.4 Å². The van der Waals surface area contributed by atoms with Crippen molar-refractivity contribution in [1.82, 2.24) is 35.2 Å². The van der Waals surface area contributed by atoms with Crippen molar-refractivity contribution < 1.29 is 40.8 Å². The lowest BCUT2D eigenvalue weighted by Crippen LogP contribution is -2.32. The number of nitrogens with one attached hydrogen (secondary N) is 1. The van der Waals surface area contributed by atoms with Crippen molar-refractivity contribution in [1.29, 1.82) is 0 Å². The number of ether oxygens (including phenoxy) is 1. The van der Waals surface area contributed by atoms with E-state index in [-0.39, 0.29) is 69.8 Å². The van der Waals surface area contributed by atoms with E-state index < -0.39 is 17.9 Å². The molecule has 0 spiro atoms. The topological polar surface area (TPSA) is 212 Å². The molecule has 1 N–H and O–H groups in total. The summed E-state index contributed by atoms with van der Waals surface area (Å²) in [4.78, 5) is 50.8. The summed E-state index contributed by atoms with van der Waals surface area (Å²) in [5.74, 6) is 0.459. The predicted octanol–water partition coefficient (Wildman–Crippen LogP) is 5.96. The number of hydrogen-bond acceptors (Lipinski definition) is 15. The molecular formula is C30H29N7O9. The van der Waals surface area contributed by atoms with Crippen molar-refractivity contribution in [3.8, 4) is 46.3 Å². The SMILES string of the molecule is COC(=O)c1coc(-c2coc(-c3coc(C(NC(=O)c4coc(-c5coc(-c6coc(C(C)C(C)C)n6)n5)n4)C(C)C)n3)n2)n1. The first-order valence-corrected chi connectivity index (χ1v) is 14.2. The first-order valence-electron chi connectivity index (χ1n) is 14.2. The van der Waals surface area contributed by atoms with Crippen molar-refractivity contribution >= 4 is 11.9 Å². The first kappa shape index (κ1) is 30.2. The lowest BCUT2D eigenvalue weighted by Gasteiger charge is -2.18. The van der Waals surface area contributed by atoms with Crippen molar-refractivity contribution in [3.63, 3.8) is 0 Å². The lowest BCUT2D eigenvalue weighted by atomic mass is 9.98. The molecule has 0 aliphatic carbocycles. The van der Waals surface area contributed by atoms with Crippen LogP contribution >= 0.6 is 0 Å². The van der Waals surface area contributed by atoms with Crippen LogP contribution in [-0.4, -0.2) is 48.9 Å². The molecule has 0 fully saturated rings. The van der Waals surface area contributed by atoms with Gasteiger partial charge >= 0.3 is 5.97 Å². The molecule has 6 heterocycles. The number of methoxy groups -OCH3 is 1. The fourth-order valence-corrected chi connectivity index (χ4v) is 4.20. The highest BCUT2D eigenvalue weighted by Gasteiger charge is 2.28. The van der Waals surface area contributed by atoms with Gasteiger partial charge in [-0.2, -0.15) is 0 Å². The molecule has 2 unspecified atom stereocenters. The van der Waals surface area contributed by atoms with E-state index in [0.717, 1.165) is 6.26 Å². The van der Waals surface area contributed by atoms with Crippen LogP contribution in [0.5, 0.6) is 0 Å². The Morgan fingerprint density at radius 3 is 1.61 bits per heavy atom. The van der Waals surface area contributed by atoms with Gasteiger partial charge in [0.25, 0.3) is 5.91 Å². The van der Waals surface area contributed by atoms with Gasteiger partial charge in [0.2, 0.25) is 29.5 Å². The maximum Gasteiger partial charge on any atom is 0.360 e. The fraction of sp³-hybridized carbons (Fsp3) is 0.333. The Kier molecular flexibility index (Phi) is 8.08. The van der Waals surface area contributed by atoms with Crippen LogP contribution in [-0.2, 0) is 4.74 Å². The number of rotatable bonds is 11. The summed E-state index contributed by atoms with van der Waals surface area (Å²) in [5, 5.41) is 2.88. The molecule has 6 rings (SSSR count). The highest BCUT2D eigenvalue weighted by atomic mass is 16.5. The number of carbonyl (C=O) groups is 2. The summed E-state index contributed by atoms with van der Waals surface area (Å²) in [7, 11) is 1.24. The predicted molar refractivity (Wildman–Crippen MR) is 155 cm³/mol. The van der Waals surface area contributed by atoms with Gasteiger partial charge < -0.3 is 36.6 Å². The zero-order valence-electron chi connectivity index (χ0n) is 25.6.